The summed E-state index contributed by atoms with van der Waals surface area (Å²) in [4.78, 5) is 14.3. The third kappa shape index (κ3) is 3.54. The summed E-state index contributed by atoms with van der Waals surface area (Å²) in [6.07, 6.45) is 0. The maximum Gasteiger partial charge on any atom is 0.229 e. The summed E-state index contributed by atoms with van der Waals surface area (Å²) < 4.78 is 5.38. The second kappa shape index (κ2) is 7.13. The van der Waals surface area contributed by atoms with Gasteiger partial charge >= 0.3 is 0 Å². The van der Waals surface area contributed by atoms with Crippen LogP contribution in [0.2, 0.25) is 0 Å². The summed E-state index contributed by atoms with van der Waals surface area (Å²) in [5, 5.41) is 4.09. The van der Waals surface area contributed by atoms with Crippen molar-refractivity contribution in [3.8, 4) is 11.3 Å². The molecule has 1 aromatic heterocycles. The SMILES string of the molecule is C[C@H](C(=O)N(C)Cc1cc(-c2ccccc2)no1)c1ccccc1. The maximum atomic E-state index is 12.6. The Morgan fingerprint density at radius 2 is 1.71 bits per heavy atom. The van der Waals surface area contributed by atoms with Crippen molar-refractivity contribution >= 4 is 5.91 Å². The highest BCUT2D eigenvalue weighted by molar-refractivity contribution is 5.83. The number of likely N-dealkylation sites (N-methyl/N-ethyl adjacent to an activating group) is 1. The molecule has 0 fully saturated rings. The molecule has 24 heavy (non-hydrogen) atoms. The van der Waals surface area contributed by atoms with Crippen LogP contribution in [0.4, 0.5) is 0 Å². The highest BCUT2D eigenvalue weighted by atomic mass is 16.5. The Balaban J connectivity index is 1.68. The summed E-state index contributed by atoms with van der Waals surface area (Å²) >= 11 is 0. The zero-order chi connectivity index (χ0) is 16.9. The second-order valence-corrected chi connectivity index (χ2v) is 5.87. The van der Waals surface area contributed by atoms with Crippen LogP contribution in [0.1, 0.15) is 24.2 Å². The number of carbonyl (C=O) groups excluding carboxylic acids is 1. The number of aromatic nitrogens is 1. The minimum absolute atomic E-state index is 0.0545. The van der Waals surface area contributed by atoms with Gasteiger partial charge in [0.25, 0.3) is 0 Å². The number of amides is 1. The summed E-state index contributed by atoms with van der Waals surface area (Å²) in [7, 11) is 1.78. The molecule has 4 nitrogen and oxygen atoms in total. The molecule has 0 aliphatic rings. The molecule has 2 aromatic carbocycles. The summed E-state index contributed by atoms with van der Waals surface area (Å²) in [6.45, 7) is 2.32. The molecular weight excluding hydrogens is 300 g/mol. The van der Waals surface area contributed by atoms with Crippen molar-refractivity contribution in [2.75, 3.05) is 7.05 Å². The van der Waals surface area contributed by atoms with Crippen LogP contribution in [-0.4, -0.2) is 23.0 Å². The highest BCUT2D eigenvalue weighted by Crippen LogP contribution is 2.21. The molecule has 3 rings (SSSR count). The molecule has 3 aromatic rings. The van der Waals surface area contributed by atoms with E-state index in [1.54, 1.807) is 11.9 Å². The largest absolute Gasteiger partial charge is 0.359 e. The number of rotatable bonds is 5. The lowest BCUT2D eigenvalue weighted by molar-refractivity contribution is -0.131. The van der Waals surface area contributed by atoms with Crippen LogP contribution in [-0.2, 0) is 11.3 Å². The van der Waals surface area contributed by atoms with Crippen molar-refractivity contribution in [3.63, 3.8) is 0 Å². The van der Waals surface area contributed by atoms with Crippen LogP contribution in [0, 0.1) is 0 Å². The molecule has 0 saturated heterocycles. The van der Waals surface area contributed by atoms with E-state index in [1.165, 1.54) is 0 Å². The van der Waals surface area contributed by atoms with Gasteiger partial charge in [-0.25, -0.2) is 0 Å². The number of hydrogen-bond acceptors (Lipinski definition) is 3. The van der Waals surface area contributed by atoms with Gasteiger partial charge in [0.05, 0.1) is 12.5 Å². The third-order valence-corrected chi connectivity index (χ3v) is 4.07. The fourth-order valence-corrected chi connectivity index (χ4v) is 2.66. The van der Waals surface area contributed by atoms with E-state index in [-0.39, 0.29) is 11.8 Å². The van der Waals surface area contributed by atoms with E-state index in [4.69, 9.17) is 4.52 Å². The van der Waals surface area contributed by atoms with Gasteiger partial charge in [0, 0.05) is 18.7 Å². The van der Waals surface area contributed by atoms with Gasteiger partial charge in [-0.1, -0.05) is 65.8 Å². The molecule has 1 amide bonds. The van der Waals surface area contributed by atoms with Gasteiger partial charge in [-0.15, -0.1) is 0 Å². The topological polar surface area (TPSA) is 46.3 Å². The van der Waals surface area contributed by atoms with E-state index >= 15 is 0 Å². The first kappa shape index (κ1) is 16.0. The standard InChI is InChI=1S/C20H20N2O2/c1-15(16-9-5-3-6-10-16)20(23)22(2)14-18-13-19(21-24-18)17-11-7-4-8-12-17/h3-13,15H,14H2,1-2H3/t15-/m0/s1. The predicted molar refractivity (Wildman–Crippen MR) is 93.3 cm³/mol. The van der Waals surface area contributed by atoms with Crippen LogP contribution in [0.3, 0.4) is 0 Å². The Hall–Kier alpha value is -2.88. The Bertz CT molecular complexity index is 797. The van der Waals surface area contributed by atoms with Gasteiger partial charge in [0.1, 0.15) is 5.69 Å². The summed E-state index contributed by atoms with van der Waals surface area (Å²) in [5.74, 6) is 0.538. The van der Waals surface area contributed by atoms with Crippen LogP contribution in [0.15, 0.2) is 71.3 Å². The van der Waals surface area contributed by atoms with E-state index in [0.717, 1.165) is 16.8 Å². The first-order chi connectivity index (χ1) is 11.6. The molecule has 0 N–H and O–H groups in total. The number of benzene rings is 2. The Kier molecular flexibility index (Phi) is 4.75. The lowest BCUT2D eigenvalue weighted by Crippen LogP contribution is -2.30. The van der Waals surface area contributed by atoms with E-state index in [0.29, 0.717) is 12.3 Å². The fourth-order valence-electron chi connectivity index (χ4n) is 2.66. The molecule has 0 aliphatic carbocycles. The molecule has 0 unspecified atom stereocenters. The zero-order valence-electron chi connectivity index (χ0n) is 13.8. The van der Waals surface area contributed by atoms with Crippen molar-refractivity contribution < 1.29 is 9.32 Å². The van der Waals surface area contributed by atoms with E-state index in [2.05, 4.69) is 5.16 Å². The van der Waals surface area contributed by atoms with Crippen LogP contribution >= 0.6 is 0 Å². The Labute approximate surface area is 141 Å². The number of carbonyl (C=O) groups is 1. The van der Waals surface area contributed by atoms with Crippen molar-refractivity contribution in [1.82, 2.24) is 10.1 Å². The molecule has 0 bridgehead atoms. The normalized spacial score (nSPS) is 11.9. The van der Waals surface area contributed by atoms with Crippen LogP contribution in [0.5, 0.6) is 0 Å². The predicted octanol–water partition coefficient (Wildman–Crippen LogP) is 4.10. The molecule has 0 spiro atoms. The molecule has 1 atom stereocenters. The van der Waals surface area contributed by atoms with E-state index in [1.807, 2.05) is 73.7 Å². The summed E-state index contributed by atoms with van der Waals surface area (Å²) in [5.41, 5.74) is 2.79. The van der Waals surface area contributed by atoms with Gasteiger partial charge in [-0.2, -0.15) is 0 Å². The van der Waals surface area contributed by atoms with Gasteiger partial charge in [-0.3, -0.25) is 4.79 Å². The van der Waals surface area contributed by atoms with Crippen molar-refractivity contribution in [2.24, 2.45) is 0 Å². The van der Waals surface area contributed by atoms with Gasteiger partial charge < -0.3 is 9.42 Å². The van der Waals surface area contributed by atoms with Gasteiger partial charge in [-0.05, 0) is 12.5 Å². The molecule has 0 radical (unpaired) electrons. The molecule has 0 saturated carbocycles. The lowest BCUT2D eigenvalue weighted by atomic mass is 10.00. The van der Waals surface area contributed by atoms with Crippen molar-refractivity contribution in [1.29, 1.82) is 0 Å². The molecule has 0 aliphatic heterocycles. The van der Waals surface area contributed by atoms with Gasteiger partial charge in [0.15, 0.2) is 5.76 Å². The van der Waals surface area contributed by atoms with E-state index < -0.39 is 0 Å². The monoisotopic (exact) mass is 320 g/mol. The fraction of sp³-hybridized carbons (Fsp3) is 0.200. The van der Waals surface area contributed by atoms with E-state index in [9.17, 15) is 4.79 Å². The Morgan fingerprint density at radius 1 is 1.08 bits per heavy atom. The average molecular weight is 320 g/mol. The first-order valence-corrected chi connectivity index (χ1v) is 7.96. The number of nitrogens with zero attached hydrogens (tertiary/aromatic N) is 2. The van der Waals surface area contributed by atoms with Crippen LogP contribution in [0.25, 0.3) is 11.3 Å². The smallest absolute Gasteiger partial charge is 0.229 e. The minimum atomic E-state index is -0.187. The molecule has 4 heteroatoms. The third-order valence-electron chi connectivity index (χ3n) is 4.07. The second-order valence-electron chi connectivity index (χ2n) is 5.87. The summed E-state index contributed by atoms with van der Waals surface area (Å²) in [6, 6.07) is 21.5. The highest BCUT2D eigenvalue weighted by Gasteiger charge is 2.20. The molecule has 1 heterocycles. The maximum absolute atomic E-state index is 12.6. The quantitative estimate of drug-likeness (QED) is 0.711. The minimum Gasteiger partial charge on any atom is -0.359 e. The van der Waals surface area contributed by atoms with Gasteiger partial charge in [0.2, 0.25) is 5.91 Å². The first-order valence-electron chi connectivity index (χ1n) is 7.96. The molecular formula is C20H20N2O2. The number of hydrogen-bond donors (Lipinski definition) is 0. The van der Waals surface area contributed by atoms with Crippen LogP contribution < -0.4 is 0 Å². The average Bonchev–Trinajstić information content (AvgIpc) is 3.10. The zero-order valence-corrected chi connectivity index (χ0v) is 13.8. The van der Waals surface area contributed by atoms with Crippen molar-refractivity contribution in [3.05, 3.63) is 78.1 Å². The Morgan fingerprint density at radius 3 is 2.38 bits per heavy atom. The molecule has 122 valence electrons. The van der Waals surface area contributed by atoms with Crippen molar-refractivity contribution in [2.45, 2.75) is 19.4 Å². The lowest BCUT2D eigenvalue weighted by Gasteiger charge is -2.20.